The Morgan fingerprint density at radius 2 is 2.00 bits per heavy atom. The second-order valence-electron chi connectivity index (χ2n) is 3.55. The highest BCUT2D eigenvalue weighted by Gasteiger charge is 2.31. The van der Waals surface area contributed by atoms with Crippen molar-refractivity contribution in [2.75, 3.05) is 7.11 Å². The highest BCUT2D eigenvalue weighted by molar-refractivity contribution is 5.76. The fraction of sp³-hybridized carbons (Fsp3) is 0.900. The summed E-state index contributed by atoms with van der Waals surface area (Å²) in [6, 6.07) is 0. The van der Waals surface area contributed by atoms with E-state index in [9.17, 15) is 4.79 Å². The van der Waals surface area contributed by atoms with Crippen LogP contribution in [-0.4, -0.2) is 23.8 Å². The zero-order valence-corrected chi connectivity index (χ0v) is 8.80. The van der Waals surface area contributed by atoms with Gasteiger partial charge in [-0.05, 0) is 19.8 Å². The van der Waals surface area contributed by atoms with Gasteiger partial charge in [0.2, 0.25) is 0 Å². The second-order valence-corrected chi connectivity index (χ2v) is 3.55. The molecule has 0 aliphatic heterocycles. The van der Waals surface area contributed by atoms with E-state index in [1.54, 1.807) is 6.92 Å². The molecule has 0 spiro atoms. The molecule has 0 saturated carbocycles. The highest BCUT2D eigenvalue weighted by Crippen LogP contribution is 2.19. The number of rotatable bonds is 7. The van der Waals surface area contributed by atoms with Crippen molar-refractivity contribution in [2.45, 2.75) is 51.6 Å². The molecule has 0 aromatic carbocycles. The van der Waals surface area contributed by atoms with Gasteiger partial charge in [-0.3, -0.25) is 0 Å². The summed E-state index contributed by atoms with van der Waals surface area (Å²) in [5.41, 5.74) is -0.992. The fourth-order valence-electron chi connectivity index (χ4n) is 1.19. The summed E-state index contributed by atoms with van der Waals surface area (Å²) in [5.74, 6) is -0.869. The summed E-state index contributed by atoms with van der Waals surface area (Å²) in [6.45, 7) is 3.76. The zero-order valence-electron chi connectivity index (χ0n) is 8.80. The summed E-state index contributed by atoms with van der Waals surface area (Å²) in [6.07, 6.45) is 4.93. The van der Waals surface area contributed by atoms with Gasteiger partial charge in [0.05, 0.1) is 0 Å². The molecule has 13 heavy (non-hydrogen) atoms. The zero-order chi connectivity index (χ0) is 10.3. The number of unbranched alkanes of at least 4 members (excludes halogenated alkanes) is 3. The van der Waals surface area contributed by atoms with Crippen LogP contribution in [0.2, 0.25) is 0 Å². The summed E-state index contributed by atoms with van der Waals surface area (Å²) < 4.78 is 4.98. The first-order valence-corrected chi connectivity index (χ1v) is 4.85. The van der Waals surface area contributed by atoms with E-state index in [0.29, 0.717) is 6.42 Å². The van der Waals surface area contributed by atoms with Gasteiger partial charge in [0.15, 0.2) is 5.60 Å². The lowest BCUT2D eigenvalue weighted by molar-refractivity contribution is -0.161. The lowest BCUT2D eigenvalue weighted by Crippen LogP contribution is -2.37. The lowest BCUT2D eigenvalue weighted by Gasteiger charge is -2.22. The topological polar surface area (TPSA) is 46.5 Å². The Hall–Kier alpha value is -0.570. The van der Waals surface area contributed by atoms with Crippen molar-refractivity contribution < 1.29 is 14.6 Å². The summed E-state index contributed by atoms with van der Waals surface area (Å²) in [7, 11) is 1.45. The first kappa shape index (κ1) is 12.4. The molecule has 0 unspecified atom stereocenters. The van der Waals surface area contributed by atoms with Crippen molar-refractivity contribution in [1.29, 1.82) is 0 Å². The van der Waals surface area contributed by atoms with Gasteiger partial charge in [-0.25, -0.2) is 4.79 Å². The van der Waals surface area contributed by atoms with Gasteiger partial charge in [-0.15, -0.1) is 0 Å². The smallest absolute Gasteiger partial charge is 0.335 e. The third-order valence-corrected chi connectivity index (χ3v) is 2.41. The molecule has 0 saturated heterocycles. The van der Waals surface area contributed by atoms with Crippen LogP contribution in [0, 0.1) is 0 Å². The van der Waals surface area contributed by atoms with Crippen LogP contribution in [0.1, 0.15) is 46.0 Å². The molecule has 78 valence electrons. The predicted molar refractivity (Wildman–Crippen MR) is 51.8 cm³/mol. The van der Waals surface area contributed by atoms with Gasteiger partial charge in [-0.1, -0.05) is 26.2 Å². The summed E-state index contributed by atoms with van der Waals surface area (Å²) in [4.78, 5) is 10.8. The Kier molecular flexibility index (Phi) is 5.71. The SMILES string of the molecule is CCCCCC[C@](C)(OC)C(=O)O. The van der Waals surface area contributed by atoms with Gasteiger partial charge in [0.25, 0.3) is 0 Å². The molecule has 0 heterocycles. The molecule has 0 aliphatic carbocycles. The minimum Gasteiger partial charge on any atom is -0.479 e. The third kappa shape index (κ3) is 4.27. The Morgan fingerprint density at radius 3 is 2.38 bits per heavy atom. The largest absolute Gasteiger partial charge is 0.479 e. The molecular weight excluding hydrogens is 168 g/mol. The average molecular weight is 188 g/mol. The molecule has 3 heteroatoms. The first-order chi connectivity index (χ1) is 6.06. The molecule has 0 amide bonds. The van der Waals surface area contributed by atoms with Crippen LogP contribution in [-0.2, 0) is 9.53 Å². The van der Waals surface area contributed by atoms with Gasteiger partial charge in [0.1, 0.15) is 0 Å². The molecule has 0 radical (unpaired) electrons. The van der Waals surface area contributed by atoms with Crippen LogP contribution in [0.4, 0.5) is 0 Å². The van der Waals surface area contributed by atoms with E-state index in [1.807, 2.05) is 0 Å². The summed E-state index contributed by atoms with van der Waals surface area (Å²) >= 11 is 0. The van der Waals surface area contributed by atoms with Gasteiger partial charge in [-0.2, -0.15) is 0 Å². The molecular formula is C10H20O3. The number of carboxylic acids is 1. The normalized spacial score (nSPS) is 15.3. The fourth-order valence-corrected chi connectivity index (χ4v) is 1.19. The molecule has 0 aliphatic rings. The van der Waals surface area contributed by atoms with Gasteiger partial charge < -0.3 is 9.84 Å². The van der Waals surface area contributed by atoms with Crippen molar-refractivity contribution in [3.63, 3.8) is 0 Å². The monoisotopic (exact) mass is 188 g/mol. The van der Waals surface area contributed by atoms with Crippen LogP contribution in [0.3, 0.4) is 0 Å². The number of methoxy groups -OCH3 is 1. The quantitative estimate of drug-likeness (QED) is 0.624. The Bertz CT molecular complexity index is 156. The van der Waals surface area contributed by atoms with E-state index in [1.165, 1.54) is 13.5 Å². The number of aliphatic carboxylic acids is 1. The molecule has 0 fully saturated rings. The van der Waals surface area contributed by atoms with E-state index in [-0.39, 0.29) is 0 Å². The molecule has 0 aromatic rings. The number of carbonyl (C=O) groups is 1. The highest BCUT2D eigenvalue weighted by atomic mass is 16.5. The first-order valence-electron chi connectivity index (χ1n) is 4.85. The van der Waals surface area contributed by atoms with E-state index in [4.69, 9.17) is 9.84 Å². The van der Waals surface area contributed by atoms with E-state index < -0.39 is 11.6 Å². The van der Waals surface area contributed by atoms with E-state index in [2.05, 4.69) is 6.92 Å². The van der Waals surface area contributed by atoms with E-state index >= 15 is 0 Å². The van der Waals surface area contributed by atoms with Crippen LogP contribution >= 0.6 is 0 Å². The number of carboxylic acid groups (broad SMARTS) is 1. The molecule has 0 rings (SSSR count). The van der Waals surface area contributed by atoms with Crippen molar-refractivity contribution in [1.82, 2.24) is 0 Å². The molecule has 0 bridgehead atoms. The Labute approximate surface area is 80.1 Å². The minimum absolute atomic E-state index is 0.596. The average Bonchev–Trinajstić information content (AvgIpc) is 2.12. The van der Waals surface area contributed by atoms with Crippen LogP contribution < -0.4 is 0 Å². The molecule has 3 nitrogen and oxygen atoms in total. The van der Waals surface area contributed by atoms with Crippen LogP contribution in [0.25, 0.3) is 0 Å². The van der Waals surface area contributed by atoms with E-state index in [0.717, 1.165) is 19.3 Å². The maximum absolute atomic E-state index is 10.8. The Morgan fingerprint density at radius 1 is 1.38 bits per heavy atom. The number of hydrogen-bond acceptors (Lipinski definition) is 2. The van der Waals surface area contributed by atoms with Crippen molar-refractivity contribution in [3.05, 3.63) is 0 Å². The standard InChI is InChI=1S/C10H20O3/c1-4-5-6-7-8-10(2,13-3)9(11)12/h4-8H2,1-3H3,(H,11,12)/t10-/m0/s1. The van der Waals surface area contributed by atoms with Crippen LogP contribution in [0.15, 0.2) is 0 Å². The third-order valence-electron chi connectivity index (χ3n) is 2.41. The van der Waals surface area contributed by atoms with Crippen LogP contribution in [0.5, 0.6) is 0 Å². The molecule has 0 aromatic heterocycles. The predicted octanol–water partition coefficient (Wildman–Crippen LogP) is 2.45. The van der Waals surface area contributed by atoms with Gasteiger partial charge >= 0.3 is 5.97 Å². The van der Waals surface area contributed by atoms with Crippen molar-refractivity contribution >= 4 is 5.97 Å². The van der Waals surface area contributed by atoms with Gasteiger partial charge in [0, 0.05) is 7.11 Å². The number of hydrogen-bond donors (Lipinski definition) is 1. The second kappa shape index (κ2) is 5.97. The Balaban J connectivity index is 3.78. The number of ether oxygens (including phenoxy) is 1. The maximum Gasteiger partial charge on any atom is 0.335 e. The minimum atomic E-state index is -0.992. The van der Waals surface area contributed by atoms with Crippen molar-refractivity contribution in [2.24, 2.45) is 0 Å². The maximum atomic E-state index is 10.8. The van der Waals surface area contributed by atoms with Crippen molar-refractivity contribution in [3.8, 4) is 0 Å². The molecule has 1 N–H and O–H groups in total. The lowest BCUT2D eigenvalue weighted by atomic mass is 9.98. The molecule has 1 atom stereocenters. The summed E-state index contributed by atoms with van der Waals surface area (Å²) in [5, 5.41) is 8.86.